The molecule has 1 fully saturated rings. The Kier molecular flexibility index (Phi) is 7.43. The summed E-state index contributed by atoms with van der Waals surface area (Å²) in [5.41, 5.74) is -2.42. The predicted octanol–water partition coefficient (Wildman–Crippen LogP) is 6.94. The summed E-state index contributed by atoms with van der Waals surface area (Å²) in [7, 11) is 0. The van der Waals surface area contributed by atoms with Crippen molar-refractivity contribution in [3.05, 3.63) is 70.8 Å². The molecular weight excluding hydrogens is 498 g/mol. The summed E-state index contributed by atoms with van der Waals surface area (Å²) in [5.74, 6) is 0.654. The summed E-state index contributed by atoms with van der Waals surface area (Å²) in [5, 5.41) is 0. The van der Waals surface area contributed by atoms with Crippen LogP contribution in [0.2, 0.25) is 0 Å². The lowest BCUT2D eigenvalue weighted by Gasteiger charge is -2.43. The summed E-state index contributed by atoms with van der Waals surface area (Å²) in [6.07, 6.45) is -8.22. The van der Waals surface area contributed by atoms with E-state index < -0.39 is 35.0 Å². The third-order valence-corrected chi connectivity index (χ3v) is 7.41. The molecule has 2 aromatic rings. The lowest BCUT2D eigenvalue weighted by Crippen LogP contribution is -2.47. The molecule has 0 spiro atoms. The highest BCUT2D eigenvalue weighted by molar-refractivity contribution is 6.03. The van der Waals surface area contributed by atoms with E-state index in [0.29, 0.717) is 43.7 Å². The number of rotatable bonds is 6. The first-order chi connectivity index (χ1) is 17.3. The van der Waals surface area contributed by atoms with Crippen molar-refractivity contribution in [1.82, 2.24) is 4.90 Å². The van der Waals surface area contributed by atoms with Gasteiger partial charge in [0.05, 0.1) is 23.8 Å². The molecule has 10 heteroatoms. The van der Waals surface area contributed by atoms with E-state index in [9.17, 15) is 31.1 Å². The van der Waals surface area contributed by atoms with Gasteiger partial charge in [-0.3, -0.25) is 14.7 Å². The Labute approximate surface area is 211 Å². The second-order valence-electron chi connectivity index (χ2n) is 9.80. The SMILES string of the molecule is CC1=NCC(=O)N1C1CCC(CO[C@H](C)c2cc(C(F)(F)F)cc(C(F)(F)F)c2)(c2ccccc2)CC1. The first-order valence-electron chi connectivity index (χ1n) is 12.1. The zero-order valence-electron chi connectivity index (χ0n) is 20.5. The molecule has 0 radical (unpaired) electrons. The molecular formula is C27H28F6N2O2. The van der Waals surface area contributed by atoms with Crippen LogP contribution >= 0.6 is 0 Å². The molecule has 1 saturated carbocycles. The minimum atomic E-state index is -4.92. The number of ether oxygens (including phenoxy) is 1. The van der Waals surface area contributed by atoms with E-state index in [1.807, 2.05) is 30.3 Å². The molecule has 1 aliphatic heterocycles. The van der Waals surface area contributed by atoms with Gasteiger partial charge >= 0.3 is 12.4 Å². The van der Waals surface area contributed by atoms with Gasteiger partial charge in [0.1, 0.15) is 12.4 Å². The maximum Gasteiger partial charge on any atom is 0.416 e. The van der Waals surface area contributed by atoms with Crippen molar-refractivity contribution in [3.63, 3.8) is 0 Å². The Morgan fingerprint density at radius 2 is 1.57 bits per heavy atom. The topological polar surface area (TPSA) is 41.9 Å². The second-order valence-corrected chi connectivity index (χ2v) is 9.80. The van der Waals surface area contributed by atoms with Crippen LogP contribution in [0.5, 0.6) is 0 Å². The van der Waals surface area contributed by atoms with E-state index in [0.717, 1.165) is 5.56 Å². The van der Waals surface area contributed by atoms with Crippen LogP contribution in [-0.2, 0) is 27.3 Å². The van der Waals surface area contributed by atoms with Crippen molar-refractivity contribution in [2.75, 3.05) is 13.2 Å². The lowest BCUT2D eigenvalue weighted by atomic mass is 9.68. The van der Waals surface area contributed by atoms with Gasteiger partial charge in [0, 0.05) is 11.5 Å². The van der Waals surface area contributed by atoms with Crippen molar-refractivity contribution >= 4 is 11.7 Å². The normalized spacial score (nSPS) is 23.8. The molecule has 1 atom stereocenters. The standard InChI is InChI=1S/C27H28F6N2O2/c1-17(19-12-21(26(28,29)30)14-22(13-19)27(31,32)33)37-16-25(20-6-4-3-5-7-20)10-8-23(9-11-25)35-18(2)34-15-24(35)36/h3-7,12-14,17,23H,8-11,15-16H2,1-2H3/t17-,23?,25?/m1/s1. The number of alkyl halides is 6. The molecule has 0 aromatic heterocycles. The second kappa shape index (κ2) is 10.1. The Hall–Kier alpha value is -2.88. The molecule has 0 N–H and O–H groups in total. The number of benzene rings is 2. The minimum Gasteiger partial charge on any atom is -0.373 e. The smallest absolute Gasteiger partial charge is 0.373 e. The maximum absolute atomic E-state index is 13.3. The van der Waals surface area contributed by atoms with Crippen LogP contribution < -0.4 is 0 Å². The highest BCUT2D eigenvalue weighted by atomic mass is 19.4. The van der Waals surface area contributed by atoms with Crippen molar-refractivity contribution in [2.24, 2.45) is 4.99 Å². The van der Waals surface area contributed by atoms with Crippen molar-refractivity contribution in [2.45, 2.75) is 69.4 Å². The van der Waals surface area contributed by atoms with Gasteiger partial charge in [0.25, 0.3) is 0 Å². The Morgan fingerprint density at radius 3 is 2.05 bits per heavy atom. The summed E-state index contributed by atoms with van der Waals surface area (Å²) < 4.78 is 86.0. The van der Waals surface area contributed by atoms with E-state index in [1.54, 1.807) is 11.8 Å². The monoisotopic (exact) mass is 526 g/mol. The van der Waals surface area contributed by atoms with E-state index in [4.69, 9.17) is 4.74 Å². The van der Waals surface area contributed by atoms with Crippen LogP contribution in [-0.4, -0.2) is 35.8 Å². The van der Waals surface area contributed by atoms with Crippen LogP contribution in [0.25, 0.3) is 0 Å². The number of hydrogen-bond acceptors (Lipinski definition) is 3. The number of nitrogens with zero attached hydrogens (tertiary/aromatic N) is 2. The summed E-state index contributed by atoms with van der Waals surface area (Å²) in [6, 6.07) is 11.1. The third kappa shape index (κ3) is 5.84. The van der Waals surface area contributed by atoms with Gasteiger partial charge in [0.15, 0.2) is 0 Å². The molecule has 2 aromatic carbocycles. The molecule has 0 bridgehead atoms. The first-order valence-corrected chi connectivity index (χ1v) is 12.1. The molecule has 200 valence electrons. The molecule has 2 aliphatic rings. The molecule has 4 nitrogen and oxygen atoms in total. The lowest BCUT2D eigenvalue weighted by molar-refractivity contribution is -0.143. The summed E-state index contributed by atoms with van der Waals surface area (Å²) >= 11 is 0. The molecule has 0 saturated heterocycles. The molecule has 1 amide bonds. The van der Waals surface area contributed by atoms with Crippen LogP contribution in [0.4, 0.5) is 26.3 Å². The Bertz CT molecular complexity index is 1120. The molecule has 1 heterocycles. The van der Waals surface area contributed by atoms with Crippen LogP contribution in [0.1, 0.15) is 67.9 Å². The average molecular weight is 527 g/mol. The first kappa shape index (κ1) is 27.2. The van der Waals surface area contributed by atoms with E-state index in [-0.39, 0.29) is 36.7 Å². The van der Waals surface area contributed by atoms with Gasteiger partial charge < -0.3 is 4.74 Å². The fourth-order valence-corrected chi connectivity index (χ4v) is 5.30. The number of amides is 1. The number of carbonyl (C=O) groups excluding carboxylic acids is 1. The molecule has 4 rings (SSSR count). The molecule has 0 unspecified atom stereocenters. The van der Waals surface area contributed by atoms with Gasteiger partial charge in [0.2, 0.25) is 5.91 Å². The van der Waals surface area contributed by atoms with Crippen molar-refractivity contribution in [1.29, 1.82) is 0 Å². The minimum absolute atomic E-state index is 0.00850. The summed E-state index contributed by atoms with van der Waals surface area (Å²) in [6.45, 7) is 3.52. The van der Waals surface area contributed by atoms with Crippen LogP contribution in [0, 0.1) is 0 Å². The number of carbonyl (C=O) groups is 1. The quantitative estimate of drug-likeness (QED) is 0.383. The fourth-order valence-electron chi connectivity index (χ4n) is 5.30. The van der Waals surface area contributed by atoms with E-state index >= 15 is 0 Å². The van der Waals surface area contributed by atoms with Crippen molar-refractivity contribution in [3.8, 4) is 0 Å². The summed E-state index contributed by atoms with van der Waals surface area (Å²) in [4.78, 5) is 18.3. The zero-order chi connectivity index (χ0) is 27.0. The molecule has 37 heavy (non-hydrogen) atoms. The van der Waals surface area contributed by atoms with Crippen LogP contribution in [0.3, 0.4) is 0 Å². The number of amidine groups is 1. The number of halogens is 6. The van der Waals surface area contributed by atoms with Crippen LogP contribution in [0.15, 0.2) is 53.5 Å². The van der Waals surface area contributed by atoms with E-state index in [2.05, 4.69) is 4.99 Å². The largest absolute Gasteiger partial charge is 0.416 e. The molecule has 1 aliphatic carbocycles. The van der Waals surface area contributed by atoms with Gasteiger partial charge in [-0.1, -0.05) is 30.3 Å². The van der Waals surface area contributed by atoms with Gasteiger partial charge in [-0.25, -0.2) is 0 Å². The average Bonchev–Trinajstić information content (AvgIpc) is 3.19. The van der Waals surface area contributed by atoms with Gasteiger partial charge in [-0.2, -0.15) is 26.3 Å². The highest BCUT2D eigenvalue weighted by Gasteiger charge is 2.42. The predicted molar refractivity (Wildman–Crippen MR) is 126 cm³/mol. The Balaban J connectivity index is 1.56. The maximum atomic E-state index is 13.3. The van der Waals surface area contributed by atoms with Crippen molar-refractivity contribution < 1.29 is 35.9 Å². The van der Waals surface area contributed by atoms with Gasteiger partial charge in [-0.15, -0.1) is 0 Å². The highest BCUT2D eigenvalue weighted by Crippen LogP contribution is 2.43. The van der Waals surface area contributed by atoms with E-state index in [1.165, 1.54) is 6.92 Å². The zero-order valence-corrected chi connectivity index (χ0v) is 20.5. The third-order valence-electron chi connectivity index (χ3n) is 7.41. The number of hydrogen-bond donors (Lipinski definition) is 0. The fraction of sp³-hybridized carbons (Fsp3) is 0.481. The number of aliphatic imine (C=N–C) groups is 1. The van der Waals surface area contributed by atoms with Gasteiger partial charge in [-0.05, 0) is 68.9 Å². The Morgan fingerprint density at radius 1 is 1.00 bits per heavy atom.